The molecule has 0 saturated heterocycles. The van der Waals surface area contributed by atoms with Crippen LogP contribution in [0.15, 0.2) is 63.0 Å². The topological polar surface area (TPSA) is 78.7 Å². The van der Waals surface area contributed by atoms with Crippen molar-refractivity contribution in [3.05, 3.63) is 79.9 Å². The lowest BCUT2D eigenvalue weighted by Crippen LogP contribution is -2.19. The predicted octanol–water partition coefficient (Wildman–Crippen LogP) is 6.46. The van der Waals surface area contributed by atoms with Gasteiger partial charge >= 0.3 is 0 Å². The zero-order valence-corrected chi connectivity index (χ0v) is 23.1. The van der Waals surface area contributed by atoms with Crippen molar-refractivity contribution in [2.24, 2.45) is 7.05 Å². The summed E-state index contributed by atoms with van der Waals surface area (Å²) in [5.41, 5.74) is 4.67. The fourth-order valence-electron chi connectivity index (χ4n) is 3.74. The predicted molar refractivity (Wildman–Crippen MR) is 148 cm³/mol. The van der Waals surface area contributed by atoms with Gasteiger partial charge in [-0.3, -0.25) is 13.9 Å². The first-order valence-electron chi connectivity index (χ1n) is 11.4. The second-order valence-corrected chi connectivity index (χ2v) is 12.2. The van der Waals surface area contributed by atoms with E-state index < -0.39 is 0 Å². The summed E-state index contributed by atoms with van der Waals surface area (Å²) in [6.45, 7) is 8.57. The van der Waals surface area contributed by atoms with Crippen molar-refractivity contribution >= 4 is 45.7 Å². The summed E-state index contributed by atoms with van der Waals surface area (Å²) in [4.78, 5) is 22.5. The van der Waals surface area contributed by atoms with Crippen molar-refractivity contribution < 1.29 is 4.52 Å². The third-order valence-corrected chi connectivity index (χ3v) is 8.23. The van der Waals surface area contributed by atoms with Gasteiger partial charge in [0, 0.05) is 18.3 Å². The molecule has 0 radical (unpaired) electrons. The highest BCUT2D eigenvalue weighted by Gasteiger charge is 2.18. The number of aromatic nitrogens is 5. The van der Waals surface area contributed by atoms with Crippen molar-refractivity contribution in [2.45, 2.75) is 44.0 Å². The quantitative estimate of drug-likeness (QED) is 0.145. The summed E-state index contributed by atoms with van der Waals surface area (Å²) in [6.07, 6.45) is 0. The first-order chi connectivity index (χ1) is 17.1. The van der Waals surface area contributed by atoms with Crippen LogP contribution in [-0.2, 0) is 18.2 Å². The second kappa shape index (κ2) is 9.42. The molecule has 0 N–H and O–H groups in total. The average Bonchev–Trinajstić information content (AvgIpc) is 3.45. The Kier molecular flexibility index (Phi) is 6.44. The van der Waals surface area contributed by atoms with Gasteiger partial charge in [-0.2, -0.15) is 4.98 Å². The molecular formula is C26H25N5O2S3. The van der Waals surface area contributed by atoms with E-state index in [0.717, 1.165) is 16.8 Å². The number of aryl methyl sites for hydroxylation is 1. The minimum Gasteiger partial charge on any atom is -0.338 e. The lowest BCUT2D eigenvalue weighted by atomic mass is 9.87. The van der Waals surface area contributed by atoms with Crippen molar-refractivity contribution in [3.63, 3.8) is 0 Å². The minimum atomic E-state index is -0.130. The molecule has 0 spiro atoms. The lowest BCUT2D eigenvalue weighted by Gasteiger charge is -2.18. The maximum atomic E-state index is 13.1. The van der Waals surface area contributed by atoms with Gasteiger partial charge in [-0.05, 0) is 42.3 Å². The Balaban J connectivity index is 1.42. The van der Waals surface area contributed by atoms with E-state index in [1.165, 1.54) is 28.7 Å². The molecule has 0 saturated carbocycles. The van der Waals surface area contributed by atoms with E-state index in [9.17, 15) is 4.79 Å². The first-order valence-corrected chi connectivity index (χ1v) is 13.6. The molecule has 36 heavy (non-hydrogen) atoms. The van der Waals surface area contributed by atoms with Crippen molar-refractivity contribution in [2.75, 3.05) is 0 Å². The summed E-state index contributed by atoms with van der Waals surface area (Å²) in [6, 6.07) is 16.2. The Bertz CT molecular complexity index is 1670. The van der Waals surface area contributed by atoms with Crippen molar-refractivity contribution in [3.8, 4) is 17.1 Å². The largest absolute Gasteiger partial charge is 0.338 e. The highest BCUT2D eigenvalue weighted by atomic mass is 32.2. The van der Waals surface area contributed by atoms with E-state index in [2.05, 4.69) is 43.0 Å². The van der Waals surface area contributed by atoms with Crippen LogP contribution in [-0.4, -0.2) is 24.3 Å². The molecule has 0 fully saturated rings. The van der Waals surface area contributed by atoms with Gasteiger partial charge in [0.15, 0.2) is 14.8 Å². The molecule has 0 aliphatic rings. The molecule has 184 valence electrons. The zero-order valence-electron chi connectivity index (χ0n) is 20.6. The normalized spacial score (nSPS) is 11.9. The van der Waals surface area contributed by atoms with Gasteiger partial charge in [-0.1, -0.05) is 91.0 Å². The SMILES string of the molecule is Cc1ccc(-n2c(=S)sc3c(=O)n(C)c(SCc4nc(-c5ccc(C(C)(C)C)cc5)no4)nc32)cc1. The maximum absolute atomic E-state index is 13.1. The standard InChI is InChI=1S/C26H25N5O2S3/c1-15-6-12-18(13-7-15)31-22-20(36-25(31)34)23(32)30(5)24(28-22)35-14-19-27-21(29-33-19)16-8-10-17(11-9-16)26(2,3)4/h6-13H,14H2,1-5H3. The molecule has 7 nitrogen and oxygen atoms in total. The maximum Gasteiger partial charge on any atom is 0.273 e. The monoisotopic (exact) mass is 535 g/mol. The number of thioether (sulfide) groups is 1. The summed E-state index contributed by atoms with van der Waals surface area (Å²) in [5.74, 6) is 1.38. The van der Waals surface area contributed by atoms with Crippen LogP contribution >= 0.6 is 35.3 Å². The zero-order chi connectivity index (χ0) is 25.6. The highest BCUT2D eigenvalue weighted by molar-refractivity contribution is 7.98. The Labute approximate surface area is 221 Å². The Morgan fingerprint density at radius 1 is 1.06 bits per heavy atom. The molecule has 5 rings (SSSR count). The Morgan fingerprint density at radius 3 is 2.42 bits per heavy atom. The number of nitrogens with zero attached hydrogens (tertiary/aromatic N) is 5. The summed E-state index contributed by atoms with van der Waals surface area (Å²) < 4.78 is 10.00. The van der Waals surface area contributed by atoms with Gasteiger partial charge in [0.05, 0.1) is 5.75 Å². The van der Waals surface area contributed by atoms with E-state index in [-0.39, 0.29) is 11.0 Å². The summed E-state index contributed by atoms with van der Waals surface area (Å²) in [5, 5.41) is 4.69. The first kappa shape index (κ1) is 24.6. The number of fused-ring (bicyclic) bond motifs is 1. The van der Waals surface area contributed by atoms with E-state index in [0.29, 0.717) is 36.9 Å². The fraction of sp³-hybridized carbons (Fsp3) is 0.269. The molecular weight excluding hydrogens is 511 g/mol. The van der Waals surface area contributed by atoms with Crippen LogP contribution in [0.5, 0.6) is 0 Å². The molecule has 2 aromatic carbocycles. The molecule has 0 aliphatic carbocycles. The van der Waals surface area contributed by atoms with Crippen LogP contribution in [0, 0.1) is 10.9 Å². The average molecular weight is 536 g/mol. The van der Waals surface area contributed by atoms with Crippen LogP contribution in [0.25, 0.3) is 27.4 Å². The minimum absolute atomic E-state index is 0.0770. The van der Waals surface area contributed by atoms with Crippen LogP contribution in [0.1, 0.15) is 37.8 Å². The molecule has 0 unspecified atom stereocenters. The van der Waals surface area contributed by atoms with Gasteiger partial charge in [0.2, 0.25) is 11.7 Å². The smallest absolute Gasteiger partial charge is 0.273 e. The lowest BCUT2D eigenvalue weighted by molar-refractivity contribution is 0.391. The van der Waals surface area contributed by atoms with E-state index in [4.69, 9.17) is 21.7 Å². The van der Waals surface area contributed by atoms with Crippen molar-refractivity contribution in [1.82, 2.24) is 24.3 Å². The van der Waals surface area contributed by atoms with E-state index in [1.807, 2.05) is 47.9 Å². The highest BCUT2D eigenvalue weighted by Crippen LogP contribution is 2.28. The molecule has 0 amide bonds. The molecule has 3 heterocycles. The van der Waals surface area contributed by atoms with Gasteiger partial charge in [0.25, 0.3) is 5.56 Å². The number of benzene rings is 2. The van der Waals surface area contributed by atoms with Crippen LogP contribution in [0.3, 0.4) is 0 Å². The molecule has 3 aromatic heterocycles. The third-order valence-electron chi connectivity index (χ3n) is 5.87. The number of hydrogen-bond donors (Lipinski definition) is 0. The van der Waals surface area contributed by atoms with Crippen LogP contribution < -0.4 is 5.56 Å². The molecule has 10 heteroatoms. The number of thiazole rings is 1. The van der Waals surface area contributed by atoms with Gasteiger partial charge in [-0.15, -0.1) is 0 Å². The van der Waals surface area contributed by atoms with Crippen molar-refractivity contribution in [1.29, 1.82) is 0 Å². The van der Waals surface area contributed by atoms with Gasteiger partial charge in [-0.25, -0.2) is 4.98 Å². The van der Waals surface area contributed by atoms with Gasteiger partial charge in [0.1, 0.15) is 4.70 Å². The molecule has 0 atom stereocenters. The van der Waals surface area contributed by atoms with Crippen LogP contribution in [0.2, 0.25) is 0 Å². The van der Waals surface area contributed by atoms with E-state index >= 15 is 0 Å². The summed E-state index contributed by atoms with van der Waals surface area (Å²) >= 11 is 8.23. The number of hydrogen-bond acceptors (Lipinski definition) is 8. The number of rotatable bonds is 5. The fourth-order valence-corrected chi connectivity index (χ4v) is 5.89. The van der Waals surface area contributed by atoms with Crippen LogP contribution in [0.4, 0.5) is 0 Å². The Hall–Kier alpha value is -3.08. The van der Waals surface area contributed by atoms with Gasteiger partial charge < -0.3 is 4.52 Å². The summed E-state index contributed by atoms with van der Waals surface area (Å²) in [7, 11) is 1.71. The molecule has 0 aliphatic heterocycles. The second-order valence-electron chi connectivity index (χ2n) is 9.58. The third kappa shape index (κ3) is 4.68. The van der Waals surface area contributed by atoms with E-state index in [1.54, 1.807) is 11.6 Å². The molecule has 0 bridgehead atoms. The Morgan fingerprint density at radius 2 is 1.75 bits per heavy atom. The molecule has 5 aromatic rings.